The van der Waals surface area contributed by atoms with Crippen LogP contribution in [0.15, 0.2) is 60.3 Å². The van der Waals surface area contributed by atoms with Crippen LogP contribution >= 0.6 is 0 Å². The molecule has 16 heavy (non-hydrogen) atoms. The summed E-state index contributed by atoms with van der Waals surface area (Å²) in [5, 5.41) is 3.16. The fourth-order valence-corrected chi connectivity index (χ4v) is 1.81. The molecule has 0 aliphatic carbocycles. The van der Waals surface area contributed by atoms with Gasteiger partial charge in [0.1, 0.15) is 0 Å². The number of likely N-dealkylation sites (N-methyl/N-ethyl adjacent to an activating group) is 1. The third-order valence-electron chi connectivity index (χ3n) is 2.65. The van der Waals surface area contributed by atoms with Gasteiger partial charge in [-0.15, -0.1) is 0 Å². The molecule has 0 aliphatic heterocycles. The molecule has 1 aromatic carbocycles. The molecule has 1 heteroatoms. The Labute approximate surface area is 98.2 Å². The van der Waals surface area contributed by atoms with Gasteiger partial charge in [0.2, 0.25) is 0 Å². The van der Waals surface area contributed by atoms with E-state index in [2.05, 4.69) is 56.1 Å². The van der Waals surface area contributed by atoms with Gasteiger partial charge in [0.15, 0.2) is 0 Å². The van der Waals surface area contributed by atoms with Gasteiger partial charge in [0.05, 0.1) is 0 Å². The second-order valence-electron chi connectivity index (χ2n) is 3.56. The van der Waals surface area contributed by atoms with E-state index in [-0.39, 0.29) is 0 Å². The standard InChI is InChI=1S/C15H19N/c1-5-14(12(3)15(6-2)16-4)13-10-8-7-9-11-13/h5-11,16H,2H2,1,3-4H3/b14-5+,15-12+. The molecule has 0 spiro atoms. The molecule has 1 N–H and O–H groups in total. The molecule has 1 rings (SSSR count). The summed E-state index contributed by atoms with van der Waals surface area (Å²) >= 11 is 0. The van der Waals surface area contributed by atoms with Crippen molar-refractivity contribution < 1.29 is 0 Å². The molecule has 0 aromatic heterocycles. The molecule has 84 valence electrons. The fourth-order valence-electron chi connectivity index (χ4n) is 1.81. The lowest BCUT2D eigenvalue weighted by Crippen LogP contribution is -2.06. The minimum absolute atomic E-state index is 1.07. The Balaban J connectivity index is 3.20. The van der Waals surface area contributed by atoms with E-state index in [1.54, 1.807) is 0 Å². The lowest BCUT2D eigenvalue weighted by molar-refractivity contribution is 1.01. The number of hydrogen-bond acceptors (Lipinski definition) is 1. The van der Waals surface area contributed by atoms with Crippen LogP contribution in [0.1, 0.15) is 19.4 Å². The summed E-state index contributed by atoms with van der Waals surface area (Å²) in [7, 11) is 1.92. The first-order valence-corrected chi connectivity index (χ1v) is 5.47. The van der Waals surface area contributed by atoms with Crippen LogP contribution in [0.4, 0.5) is 0 Å². The maximum Gasteiger partial charge on any atom is 0.0367 e. The van der Waals surface area contributed by atoms with Crippen molar-refractivity contribution in [2.24, 2.45) is 0 Å². The fraction of sp³-hybridized carbons (Fsp3) is 0.200. The van der Waals surface area contributed by atoms with Gasteiger partial charge in [-0.05, 0) is 36.6 Å². The van der Waals surface area contributed by atoms with Crippen LogP contribution in [-0.2, 0) is 0 Å². The highest BCUT2D eigenvalue weighted by atomic mass is 14.8. The van der Waals surface area contributed by atoms with E-state index in [0.717, 1.165) is 5.70 Å². The smallest absolute Gasteiger partial charge is 0.0367 e. The molecular weight excluding hydrogens is 194 g/mol. The maximum atomic E-state index is 3.82. The number of nitrogens with one attached hydrogen (secondary N) is 1. The Morgan fingerprint density at radius 2 is 1.88 bits per heavy atom. The average molecular weight is 213 g/mol. The zero-order valence-corrected chi connectivity index (χ0v) is 10.2. The van der Waals surface area contributed by atoms with Crippen LogP contribution in [0.5, 0.6) is 0 Å². The number of rotatable bonds is 4. The average Bonchev–Trinajstić information content (AvgIpc) is 2.33. The lowest BCUT2D eigenvalue weighted by Gasteiger charge is -2.12. The minimum atomic E-state index is 1.07. The second kappa shape index (κ2) is 5.96. The van der Waals surface area contributed by atoms with Gasteiger partial charge < -0.3 is 5.32 Å². The Hall–Kier alpha value is -1.76. The van der Waals surface area contributed by atoms with Crippen molar-refractivity contribution in [3.05, 3.63) is 65.9 Å². The molecule has 0 heterocycles. The van der Waals surface area contributed by atoms with E-state index in [4.69, 9.17) is 0 Å². The van der Waals surface area contributed by atoms with E-state index >= 15 is 0 Å². The Morgan fingerprint density at radius 1 is 1.25 bits per heavy atom. The summed E-state index contributed by atoms with van der Waals surface area (Å²) in [6.45, 7) is 7.98. The summed E-state index contributed by atoms with van der Waals surface area (Å²) < 4.78 is 0. The molecule has 0 amide bonds. The van der Waals surface area contributed by atoms with Crippen LogP contribution in [0, 0.1) is 0 Å². The van der Waals surface area contributed by atoms with E-state index in [0.29, 0.717) is 0 Å². The predicted molar refractivity (Wildman–Crippen MR) is 72.0 cm³/mol. The number of benzene rings is 1. The molecule has 0 aliphatic rings. The van der Waals surface area contributed by atoms with Crippen molar-refractivity contribution in [3.8, 4) is 0 Å². The third-order valence-corrected chi connectivity index (χ3v) is 2.65. The summed E-state index contributed by atoms with van der Waals surface area (Å²) in [5.74, 6) is 0. The molecule has 0 fully saturated rings. The van der Waals surface area contributed by atoms with Crippen molar-refractivity contribution in [1.82, 2.24) is 5.32 Å². The second-order valence-corrected chi connectivity index (χ2v) is 3.56. The summed E-state index contributed by atoms with van der Waals surface area (Å²) in [6.07, 6.45) is 3.98. The predicted octanol–water partition coefficient (Wildman–Crippen LogP) is 3.77. The highest BCUT2D eigenvalue weighted by Gasteiger charge is 2.05. The minimum Gasteiger partial charge on any atom is -0.388 e. The first-order valence-electron chi connectivity index (χ1n) is 5.47. The largest absolute Gasteiger partial charge is 0.388 e. The van der Waals surface area contributed by atoms with Gasteiger partial charge in [-0.2, -0.15) is 0 Å². The van der Waals surface area contributed by atoms with Gasteiger partial charge >= 0.3 is 0 Å². The molecule has 1 nitrogen and oxygen atoms in total. The summed E-state index contributed by atoms with van der Waals surface area (Å²) in [5.41, 5.74) is 4.75. The maximum absolute atomic E-state index is 3.82. The van der Waals surface area contributed by atoms with Crippen molar-refractivity contribution in [3.63, 3.8) is 0 Å². The number of allylic oxidation sites excluding steroid dienone is 4. The van der Waals surface area contributed by atoms with Gasteiger partial charge in [-0.3, -0.25) is 0 Å². The van der Waals surface area contributed by atoms with E-state index < -0.39 is 0 Å². The Kier molecular flexibility index (Phi) is 4.59. The molecule has 1 aromatic rings. The highest BCUT2D eigenvalue weighted by Crippen LogP contribution is 2.24. The lowest BCUT2D eigenvalue weighted by atomic mass is 9.97. The van der Waals surface area contributed by atoms with Crippen LogP contribution in [-0.4, -0.2) is 7.05 Å². The Morgan fingerprint density at radius 3 is 2.31 bits per heavy atom. The first kappa shape index (κ1) is 12.3. The van der Waals surface area contributed by atoms with E-state index in [1.165, 1.54) is 16.7 Å². The van der Waals surface area contributed by atoms with Crippen molar-refractivity contribution in [2.45, 2.75) is 13.8 Å². The summed E-state index contributed by atoms with van der Waals surface area (Å²) in [6, 6.07) is 10.4. The molecule has 0 saturated carbocycles. The van der Waals surface area contributed by atoms with Gasteiger partial charge in [0.25, 0.3) is 0 Å². The van der Waals surface area contributed by atoms with Crippen LogP contribution < -0.4 is 5.32 Å². The molecule has 0 saturated heterocycles. The normalized spacial score (nSPS) is 13.1. The SMILES string of the molecule is C=C/C(NC)=C(C)\C(=C/C)c1ccccc1. The monoisotopic (exact) mass is 213 g/mol. The van der Waals surface area contributed by atoms with Gasteiger partial charge in [0, 0.05) is 12.7 Å². The van der Waals surface area contributed by atoms with Crippen molar-refractivity contribution in [1.29, 1.82) is 0 Å². The Bertz CT molecular complexity index is 410. The summed E-state index contributed by atoms with van der Waals surface area (Å²) in [4.78, 5) is 0. The van der Waals surface area contributed by atoms with Gasteiger partial charge in [-0.1, -0.05) is 43.0 Å². The van der Waals surface area contributed by atoms with Crippen molar-refractivity contribution in [2.75, 3.05) is 7.05 Å². The van der Waals surface area contributed by atoms with Crippen LogP contribution in [0.2, 0.25) is 0 Å². The van der Waals surface area contributed by atoms with Crippen molar-refractivity contribution >= 4 is 5.57 Å². The highest BCUT2D eigenvalue weighted by molar-refractivity contribution is 5.79. The quantitative estimate of drug-likeness (QED) is 0.751. The molecule has 0 unspecified atom stereocenters. The molecule has 0 radical (unpaired) electrons. The molecular formula is C15H19N. The third kappa shape index (κ3) is 2.63. The first-order chi connectivity index (χ1) is 7.74. The van der Waals surface area contributed by atoms with E-state index in [9.17, 15) is 0 Å². The topological polar surface area (TPSA) is 12.0 Å². The van der Waals surface area contributed by atoms with Gasteiger partial charge in [-0.25, -0.2) is 0 Å². The molecule has 0 atom stereocenters. The van der Waals surface area contributed by atoms with Crippen LogP contribution in [0.3, 0.4) is 0 Å². The zero-order valence-electron chi connectivity index (χ0n) is 10.2. The van der Waals surface area contributed by atoms with E-state index in [1.807, 2.05) is 19.2 Å². The number of hydrogen-bond donors (Lipinski definition) is 1. The molecule has 0 bridgehead atoms. The zero-order chi connectivity index (χ0) is 12.0. The van der Waals surface area contributed by atoms with Crippen LogP contribution in [0.25, 0.3) is 5.57 Å².